The molecule has 0 fully saturated rings. The van der Waals surface area contributed by atoms with Gasteiger partial charge in [0.25, 0.3) is 0 Å². The molecule has 2 aromatic carbocycles. The van der Waals surface area contributed by atoms with Crippen LogP contribution in [0.4, 0.5) is 23.0 Å². The molecule has 0 saturated heterocycles. The highest BCUT2D eigenvalue weighted by molar-refractivity contribution is 6.17. The summed E-state index contributed by atoms with van der Waals surface area (Å²) < 4.78 is 25.7. The minimum absolute atomic E-state index is 0.238. The highest BCUT2D eigenvalue weighted by Gasteiger charge is 2.41. The minimum Gasteiger partial charge on any atom is -0.491 e. The molecule has 1 aliphatic heterocycles. The molecule has 0 atom stereocenters. The van der Waals surface area contributed by atoms with Gasteiger partial charge in [-0.25, -0.2) is 9.97 Å². The van der Waals surface area contributed by atoms with Gasteiger partial charge < -0.3 is 18.9 Å². The third-order valence-corrected chi connectivity index (χ3v) is 10.3. The van der Waals surface area contributed by atoms with Crippen molar-refractivity contribution >= 4 is 45.9 Å². The smallest absolute Gasteiger partial charge is 0.229 e. The van der Waals surface area contributed by atoms with Gasteiger partial charge in [-0.1, -0.05) is 130 Å². The molecule has 0 saturated carbocycles. The molecule has 56 heavy (non-hydrogen) atoms. The van der Waals surface area contributed by atoms with Crippen LogP contribution in [0.5, 0.6) is 23.0 Å². The molecule has 0 bridgehead atoms. The lowest BCUT2D eigenvalue weighted by Gasteiger charge is -2.37. The SMILES string of the molecule is CCCCCCCOc1ccc(OCCCCCCC)c2c1N(C(C)=O)c1nc3c(OCCCCCCC)ccc(OCCCCCCC)c3nc1N2C(C)=O. The Bertz CT molecular complexity index is 1540. The van der Waals surface area contributed by atoms with Gasteiger partial charge in [0.05, 0.1) is 26.4 Å². The highest BCUT2D eigenvalue weighted by atomic mass is 16.5. The first-order chi connectivity index (χ1) is 27.4. The summed E-state index contributed by atoms with van der Waals surface area (Å²) in [7, 11) is 0. The third kappa shape index (κ3) is 12.5. The van der Waals surface area contributed by atoms with E-state index in [1.165, 1.54) is 75.0 Å². The zero-order chi connectivity index (χ0) is 40.1. The Hall–Kier alpha value is -4.08. The number of hydrogen-bond donors (Lipinski definition) is 0. The minimum atomic E-state index is -0.285. The maximum Gasteiger partial charge on any atom is 0.229 e. The van der Waals surface area contributed by atoms with Crippen LogP contribution >= 0.6 is 0 Å². The van der Waals surface area contributed by atoms with E-state index in [1.807, 2.05) is 24.3 Å². The number of hydrogen-bond acceptors (Lipinski definition) is 8. The fourth-order valence-corrected chi connectivity index (χ4v) is 7.19. The van der Waals surface area contributed by atoms with E-state index in [0.29, 0.717) is 71.8 Å². The second kappa shape index (κ2) is 24.5. The van der Waals surface area contributed by atoms with E-state index in [1.54, 1.807) is 0 Å². The van der Waals surface area contributed by atoms with Gasteiger partial charge in [-0.3, -0.25) is 19.4 Å². The van der Waals surface area contributed by atoms with Crippen molar-refractivity contribution in [3.63, 3.8) is 0 Å². The van der Waals surface area contributed by atoms with Gasteiger partial charge in [-0.15, -0.1) is 0 Å². The monoisotopic (exact) mass is 775 g/mol. The largest absolute Gasteiger partial charge is 0.491 e. The lowest BCUT2D eigenvalue weighted by Crippen LogP contribution is -2.37. The van der Waals surface area contributed by atoms with E-state index in [4.69, 9.17) is 28.9 Å². The molecule has 1 aromatic heterocycles. The molecular weight excluding hydrogens is 705 g/mol. The topological polar surface area (TPSA) is 103 Å². The summed E-state index contributed by atoms with van der Waals surface area (Å²) in [5, 5.41) is 0. The molecule has 3 aromatic rings. The number of carbonyl (C=O) groups excluding carboxylic acids is 2. The van der Waals surface area contributed by atoms with Gasteiger partial charge in [-0.05, 0) is 49.9 Å². The first-order valence-electron chi connectivity index (χ1n) is 22.0. The van der Waals surface area contributed by atoms with Gasteiger partial charge >= 0.3 is 0 Å². The first-order valence-corrected chi connectivity index (χ1v) is 22.0. The summed E-state index contributed by atoms with van der Waals surface area (Å²) in [6, 6.07) is 7.48. The molecule has 4 rings (SSSR count). The van der Waals surface area contributed by atoms with Crippen molar-refractivity contribution in [1.29, 1.82) is 0 Å². The molecule has 0 spiro atoms. The fraction of sp³-hybridized carbons (Fsp3) is 0.652. The fourth-order valence-electron chi connectivity index (χ4n) is 7.19. The Morgan fingerprint density at radius 2 is 0.696 bits per heavy atom. The van der Waals surface area contributed by atoms with Crippen molar-refractivity contribution in [2.75, 3.05) is 36.2 Å². The van der Waals surface area contributed by atoms with Gasteiger partial charge in [-0.2, -0.15) is 0 Å². The van der Waals surface area contributed by atoms with Crippen LogP contribution in [0, 0.1) is 0 Å². The molecule has 0 radical (unpaired) electrons. The Balaban J connectivity index is 1.83. The molecule has 10 heteroatoms. The first kappa shape index (κ1) is 44.6. The van der Waals surface area contributed by atoms with E-state index in [-0.39, 0.29) is 23.5 Å². The summed E-state index contributed by atoms with van der Waals surface area (Å²) in [4.78, 5) is 41.2. The number of carbonyl (C=O) groups is 2. The molecule has 1 aliphatic rings. The number of unbranched alkanes of at least 4 members (excludes halogenated alkanes) is 16. The average molecular weight is 775 g/mol. The lowest BCUT2D eigenvalue weighted by atomic mass is 10.1. The number of ether oxygens (including phenoxy) is 4. The lowest BCUT2D eigenvalue weighted by molar-refractivity contribution is -0.117. The zero-order valence-corrected chi connectivity index (χ0v) is 35.5. The molecule has 10 nitrogen and oxygen atoms in total. The van der Waals surface area contributed by atoms with Gasteiger partial charge in [0, 0.05) is 13.8 Å². The Morgan fingerprint density at radius 1 is 0.429 bits per heavy atom. The van der Waals surface area contributed by atoms with E-state index < -0.39 is 0 Å². The van der Waals surface area contributed by atoms with Crippen LogP contribution in [0.2, 0.25) is 0 Å². The van der Waals surface area contributed by atoms with Crippen LogP contribution in [0.1, 0.15) is 170 Å². The number of amides is 2. The number of aromatic nitrogens is 2. The van der Waals surface area contributed by atoms with E-state index >= 15 is 0 Å². The van der Waals surface area contributed by atoms with Crippen LogP contribution in [0.15, 0.2) is 24.3 Å². The average Bonchev–Trinajstić information content (AvgIpc) is 3.19. The van der Waals surface area contributed by atoms with Gasteiger partial charge in [0.15, 0.2) is 11.6 Å². The number of fused-ring (bicyclic) bond motifs is 3. The molecular formula is C46H70N4O6. The normalized spacial score (nSPS) is 12.1. The van der Waals surface area contributed by atoms with Crippen molar-refractivity contribution < 1.29 is 28.5 Å². The van der Waals surface area contributed by atoms with Crippen molar-refractivity contribution in [3.8, 4) is 23.0 Å². The molecule has 2 heterocycles. The van der Waals surface area contributed by atoms with E-state index in [0.717, 1.165) is 77.0 Å². The van der Waals surface area contributed by atoms with Crippen LogP contribution in [-0.4, -0.2) is 48.2 Å². The van der Waals surface area contributed by atoms with Gasteiger partial charge in [0.1, 0.15) is 45.4 Å². The maximum absolute atomic E-state index is 13.9. The molecule has 2 amide bonds. The number of rotatable bonds is 28. The number of anilines is 4. The van der Waals surface area contributed by atoms with Crippen molar-refractivity contribution in [2.24, 2.45) is 0 Å². The zero-order valence-electron chi connectivity index (χ0n) is 35.5. The Labute approximate surface area is 337 Å². The Kier molecular flexibility index (Phi) is 19.6. The molecule has 310 valence electrons. The standard InChI is InChI=1S/C46H70N4O6/c1-7-11-15-19-23-31-53-37-27-28-38(54-32-24-20-16-12-8-2)42-41(37)47-45-46(48-42)50(36(6)52)44-40(56-34-26-22-18-14-10-4)30-29-39(43(44)49(45)35(5)51)55-33-25-21-17-13-9-3/h27-30H,7-26,31-34H2,1-6H3. The van der Waals surface area contributed by atoms with Crippen molar-refractivity contribution in [2.45, 2.75) is 170 Å². The molecule has 0 N–H and O–H groups in total. The van der Waals surface area contributed by atoms with Crippen molar-refractivity contribution in [1.82, 2.24) is 9.97 Å². The van der Waals surface area contributed by atoms with E-state index in [9.17, 15) is 9.59 Å². The van der Waals surface area contributed by atoms with Gasteiger partial charge in [0.2, 0.25) is 11.8 Å². The maximum atomic E-state index is 13.9. The van der Waals surface area contributed by atoms with Crippen LogP contribution < -0.4 is 28.7 Å². The van der Waals surface area contributed by atoms with E-state index in [2.05, 4.69) is 27.7 Å². The summed E-state index contributed by atoms with van der Waals surface area (Å²) in [5.74, 6) is 2.01. The van der Waals surface area contributed by atoms with Crippen molar-refractivity contribution in [3.05, 3.63) is 24.3 Å². The third-order valence-electron chi connectivity index (χ3n) is 10.3. The van der Waals surface area contributed by atoms with Crippen LogP contribution in [-0.2, 0) is 9.59 Å². The number of nitrogens with zero attached hydrogens (tertiary/aromatic N) is 4. The second-order valence-electron chi connectivity index (χ2n) is 15.1. The summed E-state index contributed by atoms with van der Waals surface area (Å²) >= 11 is 0. The number of benzene rings is 2. The second-order valence-corrected chi connectivity index (χ2v) is 15.1. The van der Waals surface area contributed by atoms with Crippen LogP contribution in [0.3, 0.4) is 0 Å². The predicted molar refractivity (Wildman–Crippen MR) is 229 cm³/mol. The molecule has 0 aliphatic carbocycles. The predicted octanol–water partition coefficient (Wildman–Crippen LogP) is 12.7. The quantitative estimate of drug-likeness (QED) is 0.0672. The summed E-state index contributed by atoms with van der Waals surface area (Å²) in [6.07, 6.45) is 21.9. The Morgan fingerprint density at radius 3 is 0.982 bits per heavy atom. The summed E-state index contributed by atoms with van der Waals surface area (Å²) in [6.45, 7) is 13.8. The summed E-state index contributed by atoms with van der Waals surface area (Å²) in [5.41, 5.74) is 1.83. The van der Waals surface area contributed by atoms with Crippen LogP contribution in [0.25, 0.3) is 11.0 Å². The highest BCUT2D eigenvalue weighted by Crippen LogP contribution is 2.55. The molecule has 0 unspecified atom stereocenters.